The largest absolute Gasteiger partial charge is 0.454 e. The number of nitrogens with one attached hydrogen (secondary N) is 2. The molecule has 6 nitrogen and oxygen atoms in total. The minimum Gasteiger partial charge on any atom is -0.454 e. The second-order valence-corrected chi connectivity index (χ2v) is 4.62. The smallest absolute Gasteiger partial charge is 0.256 e. The van der Waals surface area contributed by atoms with Gasteiger partial charge >= 0.3 is 0 Å². The summed E-state index contributed by atoms with van der Waals surface area (Å²) in [6.07, 6.45) is 3.41. The van der Waals surface area contributed by atoms with Gasteiger partial charge < -0.3 is 20.1 Å². The Kier molecular flexibility index (Phi) is 3.91. The molecule has 0 spiro atoms. The van der Waals surface area contributed by atoms with Gasteiger partial charge in [0.15, 0.2) is 11.5 Å². The van der Waals surface area contributed by atoms with Gasteiger partial charge in [-0.25, -0.2) is 4.98 Å². The van der Waals surface area contributed by atoms with Crippen molar-refractivity contribution in [3.8, 4) is 11.5 Å². The first-order valence-corrected chi connectivity index (χ1v) is 6.78. The normalized spacial score (nSPS) is 11.8. The number of amides is 1. The third-order valence-corrected chi connectivity index (χ3v) is 3.09. The lowest BCUT2D eigenvalue weighted by molar-refractivity contribution is 0.102. The summed E-state index contributed by atoms with van der Waals surface area (Å²) in [4.78, 5) is 16.4. The summed E-state index contributed by atoms with van der Waals surface area (Å²) in [6, 6.07) is 8.62. The summed E-state index contributed by atoms with van der Waals surface area (Å²) in [5.74, 6) is 1.45. The lowest BCUT2D eigenvalue weighted by atomic mass is 10.2. The number of carbonyl (C=O) groups is 1. The zero-order valence-corrected chi connectivity index (χ0v) is 11.8. The molecule has 0 aliphatic carbocycles. The molecule has 6 heteroatoms. The van der Waals surface area contributed by atoms with Gasteiger partial charge in [-0.1, -0.05) is 6.08 Å². The summed E-state index contributed by atoms with van der Waals surface area (Å²) < 4.78 is 10.5. The van der Waals surface area contributed by atoms with Crippen molar-refractivity contribution in [1.29, 1.82) is 0 Å². The first kappa shape index (κ1) is 13.9. The Morgan fingerprint density at radius 2 is 2.14 bits per heavy atom. The summed E-state index contributed by atoms with van der Waals surface area (Å²) in [5, 5.41) is 5.85. The van der Waals surface area contributed by atoms with Crippen molar-refractivity contribution in [2.45, 2.75) is 0 Å². The molecule has 1 aromatic carbocycles. The number of hydrogen-bond donors (Lipinski definition) is 2. The van der Waals surface area contributed by atoms with Crippen LogP contribution in [-0.4, -0.2) is 24.2 Å². The fourth-order valence-corrected chi connectivity index (χ4v) is 1.99. The minimum absolute atomic E-state index is 0.182. The van der Waals surface area contributed by atoms with Gasteiger partial charge in [0, 0.05) is 12.1 Å². The van der Waals surface area contributed by atoms with E-state index in [1.54, 1.807) is 36.5 Å². The highest BCUT2D eigenvalue weighted by Crippen LogP contribution is 2.32. The van der Waals surface area contributed by atoms with Crippen LogP contribution in [0.4, 0.5) is 11.5 Å². The van der Waals surface area contributed by atoms with Crippen molar-refractivity contribution in [2.75, 3.05) is 24.0 Å². The second kappa shape index (κ2) is 6.17. The van der Waals surface area contributed by atoms with Crippen molar-refractivity contribution in [2.24, 2.45) is 0 Å². The molecule has 3 rings (SSSR count). The van der Waals surface area contributed by atoms with Gasteiger partial charge in [0.05, 0.1) is 11.9 Å². The first-order chi connectivity index (χ1) is 10.8. The van der Waals surface area contributed by atoms with E-state index in [9.17, 15) is 4.79 Å². The average molecular weight is 297 g/mol. The highest BCUT2D eigenvalue weighted by atomic mass is 16.7. The number of aromatic nitrogens is 1. The summed E-state index contributed by atoms with van der Waals surface area (Å²) >= 11 is 0. The van der Waals surface area contributed by atoms with Crippen LogP contribution in [0.15, 0.2) is 49.2 Å². The van der Waals surface area contributed by atoms with Crippen LogP contribution in [0.1, 0.15) is 10.4 Å². The summed E-state index contributed by atoms with van der Waals surface area (Å²) in [6.45, 7) is 4.47. The Labute approximate surface area is 127 Å². The number of benzene rings is 1. The van der Waals surface area contributed by atoms with Crippen molar-refractivity contribution in [3.05, 3.63) is 54.7 Å². The Balaban J connectivity index is 1.67. The molecule has 0 bridgehead atoms. The van der Waals surface area contributed by atoms with Gasteiger partial charge in [-0.05, 0) is 30.3 Å². The first-order valence-electron chi connectivity index (χ1n) is 6.78. The average Bonchev–Trinajstić information content (AvgIpc) is 3.01. The molecule has 112 valence electrons. The van der Waals surface area contributed by atoms with Gasteiger partial charge in [-0.2, -0.15) is 0 Å². The third kappa shape index (κ3) is 3.01. The lowest BCUT2D eigenvalue weighted by Crippen LogP contribution is -2.13. The van der Waals surface area contributed by atoms with E-state index < -0.39 is 0 Å². The molecular formula is C16H15N3O3. The van der Waals surface area contributed by atoms with Crippen molar-refractivity contribution in [3.63, 3.8) is 0 Å². The van der Waals surface area contributed by atoms with Crippen LogP contribution < -0.4 is 20.1 Å². The fraction of sp³-hybridized carbons (Fsp3) is 0.125. The molecule has 0 saturated carbocycles. The standard InChI is InChI=1S/C16H15N3O3/c1-2-7-17-12-4-6-15(18-9-12)19-16(20)11-3-5-13-14(8-11)22-10-21-13/h2-6,8-9,17H,1,7,10H2,(H,18,19,20). The van der Waals surface area contributed by atoms with Gasteiger partial charge in [0.25, 0.3) is 5.91 Å². The third-order valence-electron chi connectivity index (χ3n) is 3.09. The van der Waals surface area contributed by atoms with Gasteiger partial charge in [0.1, 0.15) is 5.82 Å². The monoisotopic (exact) mass is 297 g/mol. The molecule has 1 amide bonds. The SMILES string of the molecule is C=CCNc1ccc(NC(=O)c2ccc3c(c2)OCO3)nc1. The van der Waals surface area contributed by atoms with Gasteiger partial charge in [-0.15, -0.1) is 6.58 Å². The van der Waals surface area contributed by atoms with Crippen molar-refractivity contribution >= 4 is 17.4 Å². The fourth-order valence-electron chi connectivity index (χ4n) is 1.99. The second-order valence-electron chi connectivity index (χ2n) is 4.62. The van der Waals surface area contributed by atoms with Crippen molar-refractivity contribution < 1.29 is 14.3 Å². The number of rotatable bonds is 5. The Morgan fingerprint density at radius 1 is 1.27 bits per heavy atom. The van der Waals surface area contributed by atoms with Crippen LogP contribution in [-0.2, 0) is 0 Å². The highest BCUT2D eigenvalue weighted by molar-refractivity contribution is 6.04. The molecule has 0 atom stereocenters. The molecule has 2 heterocycles. The maximum Gasteiger partial charge on any atom is 0.256 e. The Bertz CT molecular complexity index is 698. The number of anilines is 2. The van der Waals surface area contributed by atoms with E-state index in [1.165, 1.54) is 0 Å². The maximum atomic E-state index is 12.2. The molecule has 0 radical (unpaired) electrons. The number of carbonyl (C=O) groups excluding carboxylic acids is 1. The molecule has 0 unspecified atom stereocenters. The van der Waals surface area contributed by atoms with E-state index in [2.05, 4.69) is 22.2 Å². The summed E-state index contributed by atoms with van der Waals surface area (Å²) in [5.41, 5.74) is 1.35. The molecule has 0 fully saturated rings. The van der Waals surface area contributed by atoms with Crippen LogP contribution in [0.3, 0.4) is 0 Å². The van der Waals surface area contributed by atoms with Crippen LogP contribution in [0, 0.1) is 0 Å². The Hall–Kier alpha value is -3.02. The summed E-state index contributed by atoms with van der Waals surface area (Å²) in [7, 11) is 0. The van der Waals surface area contributed by atoms with Crippen LogP contribution in [0.2, 0.25) is 0 Å². The highest BCUT2D eigenvalue weighted by Gasteiger charge is 2.16. The predicted molar refractivity (Wildman–Crippen MR) is 83.4 cm³/mol. The van der Waals surface area contributed by atoms with E-state index in [4.69, 9.17) is 9.47 Å². The number of nitrogens with zero attached hydrogens (tertiary/aromatic N) is 1. The quantitative estimate of drug-likeness (QED) is 0.830. The molecule has 1 aromatic heterocycles. The van der Waals surface area contributed by atoms with Crippen molar-refractivity contribution in [1.82, 2.24) is 4.98 Å². The van der Waals surface area contributed by atoms with E-state index in [0.29, 0.717) is 29.4 Å². The van der Waals surface area contributed by atoms with E-state index in [-0.39, 0.29) is 12.7 Å². The zero-order valence-electron chi connectivity index (χ0n) is 11.8. The van der Waals surface area contributed by atoms with E-state index >= 15 is 0 Å². The van der Waals surface area contributed by atoms with Crippen LogP contribution >= 0.6 is 0 Å². The lowest BCUT2D eigenvalue weighted by Gasteiger charge is -2.07. The molecular weight excluding hydrogens is 282 g/mol. The van der Waals surface area contributed by atoms with E-state index in [1.807, 2.05) is 6.07 Å². The Morgan fingerprint density at radius 3 is 2.91 bits per heavy atom. The maximum absolute atomic E-state index is 12.2. The van der Waals surface area contributed by atoms with Crippen LogP contribution in [0.5, 0.6) is 11.5 Å². The molecule has 2 aromatic rings. The molecule has 1 aliphatic rings. The van der Waals surface area contributed by atoms with Gasteiger partial charge in [-0.3, -0.25) is 4.79 Å². The number of ether oxygens (including phenoxy) is 2. The number of hydrogen-bond acceptors (Lipinski definition) is 5. The van der Waals surface area contributed by atoms with Crippen LogP contribution in [0.25, 0.3) is 0 Å². The molecule has 0 saturated heterocycles. The predicted octanol–water partition coefficient (Wildman–Crippen LogP) is 2.66. The topological polar surface area (TPSA) is 72.5 Å². The van der Waals surface area contributed by atoms with E-state index in [0.717, 1.165) is 5.69 Å². The minimum atomic E-state index is -0.252. The molecule has 1 aliphatic heterocycles. The number of fused-ring (bicyclic) bond motifs is 1. The van der Waals surface area contributed by atoms with Gasteiger partial charge in [0.2, 0.25) is 6.79 Å². The molecule has 22 heavy (non-hydrogen) atoms. The molecule has 2 N–H and O–H groups in total. The zero-order chi connectivity index (χ0) is 15.4. The number of pyridine rings is 1.